The summed E-state index contributed by atoms with van der Waals surface area (Å²) >= 11 is 0. The molecule has 2 N–H and O–H groups in total. The summed E-state index contributed by atoms with van der Waals surface area (Å²) in [7, 11) is -3.99. The monoisotopic (exact) mass is 330 g/mol. The zero-order chi connectivity index (χ0) is 16.9. The van der Waals surface area contributed by atoms with Crippen LogP contribution in [0.5, 0.6) is 0 Å². The topological polar surface area (TPSA) is 107 Å². The van der Waals surface area contributed by atoms with Gasteiger partial charge in [0, 0.05) is 0 Å². The predicted molar refractivity (Wildman–Crippen MR) is 83.0 cm³/mol. The van der Waals surface area contributed by atoms with Gasteiger partial charge in [-0.15, -0.1) is 0 Å². The smallest absolute Gasteiger partial charge is 0.322 e. The van der Waals surface area contributed by atoms with Gasteiger partial charge in [-0.2, -0.15) is 9.98 Å². The molecule has 2 rings (SSSR count). The second-order valence-corrected chi connectivity index (χ2v) is 6.55. The van der Waals surface area contributed by atoms with Crippen molar-refractivity contribution in [2.75, 3.05) is 0 Å². The summed E-state index contributed by atoms with van der Waals surface area (Å²) in [5.74, 6) is -1.26. The normalized spacial score (nSPS) is 12.3. The highest BCUT2D eigenvalue weighted by molar-refractivity contribution is 7.89. The first-order valence-electron chi connectivity index (χ1n) is 6.71. The summed E-state index contributed by atoms with van der Waals surface area (Å²) in [5.41, 5.74) is 1.03. The number of benzene rings is 2. The average Bonchev–Trinajstić information content (AvgIpc) is 2.55. The summed E-state index contributed by atoms with van der Waals surface area (Å²) in [4.78, 5) is 11.3. The Morgan fingerprint density at radius 2 is 1.74 bits per heavy atom. The van der Waals surface area contributed by atoms with Crippen LogP contribution in [0.15, 0.2) is 59.5 Å². The Labute approximate surface area is 134 Å². The molecule has 0 heterocycles. The Hall–Kier alpha value is -2.69. The number of nitriles is 1. The summed E-state index contributed by atoms with van der Waals surface area (Å²) in [6.07, 6.45) is 0.0334. The number of hydrogen-bond acceptors (Lipinski definition) is 4. The Kier molecular flexibility index (Phi) is 5.11. The van der Waals surface area contributed by atoms with Gasteiger partial charge in [0.1, 0.15) is 6.04 Å². The third-order valence-corrected chi connectivity index (χ3v) is 4.66. The maximum Gasteiger partial charge on any atom is 0.322 e. The van der Waals surface area contributed by atoms with E-state index < -0.39 is 22.0 Å². The molecule has 0 amide bonds. The Bertz CT molecular complexity index is 825. The molecule has 0 radical (unpaired) electrons. The molecule has 2 aromatic rings. The van der Waals surface area contributed by atoms with Crippen molar-refractivity contribution in [3.8, 4) is 6.07 Å². The Morgan fingerprint density at radius 1 is 1.13 bits per heavy atom. The molecule has 7 heteroatoms. The van der Waals surface area contributed by atoms with Crippen molar-refractivity contribution in [3.05, 3.63) is 65.7 Å². The van der Waals surface area contributed by atoms with Crippen LogP contribution in [-0.4, -0.2) is 25.5 Å². The van der Waals surface area contributed by atoms with E-state index in [1.54, 1.807) is 30.3 Å². The highest BCUT2D eigenvalue weighted by Gasteiger charge is 2.25. The van der Waals surface area contributed by atoms with E-state index in [0.29, 0.717) is 11.1 Å². The van der Waals surface area contributed by atoms with E-state index in [0.717, 1.165) is 0 Å². The first-order valence-corrected chi connectivity index (χ1v) is 8.20. The van der Waals surface area contributed by atoms with E-state index in [1.165, 1.54) is 24.3 Å². The van der Waals surface area contributed by atoms with Crippen LogP contribution in [0.25, 0.3) is 0 Å². The average molecular weight is 330 g/mol. The fourth-order valence-electron chi connectivity index (χ4n) is 1.99. The number of hydrogen-bond donors (Lipinski definition) is 2. The van der Waals surface area contributed by atoms with Crippen LogP contribution >= 0.6 is 0 Å². The van der Waals surface area contributed by atoms with Gasteiger partial charge in [0.15, 0.2) is 0 Å². The number of nitrogens with one attached hydrogen (secondary N) is 1. The zero-order valence-electron chi connectivity index (χ0n) is 12.0. The van der Waals surface area contributed by atoms with E-state index >= 15 is 0 Å². The number of carbonyl (C=O) groups is 1. The van der Waals surface area contributed by atoms with Crippen LogP contribution in [0.1, 0.15) is 11.1 Å². The fraction of sp³-hybridized carbons (Fsp3) is 0.125. The maximum absolute atomic E-state index is 12.3. The third-order valence-electron chi connectivity index (χ3n) is 3.17. The van der Waals surface area contributed by atoms with Crippen LogP contribution in [-0.2, 0) is 21.2 Å². The molecule has 118 valence electrons. The van der Waals surface area contributed by atoms with Crippen LogP contribution in [0.3, 0.4) is 0 Å². The Balaban J connectivity index is 2.21. The lowest BCUT2D eigenvalue weighted by Gasteiger charge is -2.15. The van der Waals surface area contributed by atoms with E-state index in [4.69, 9.17) is 5.26 Å². The van der Waals surface area contributed by atoms with Gasteiger partial charge in [-0.05, 0) is 36.2 Å². The van der Waals surface area contributed by atoms with Gasteiger partial charge in [0.2, 0.25) is 10.0 Å². The minimum Gasteiger partial charge on any atom is -0.480 e. The largest absolute Gasteiger partial charge is 0.480 e. The summed E-state index contributed by atoms with van der Waals surface area (Å²) in [5, 5.41) is 18.0. The van der Waals surface area contributed by atoms with Gasteiger partial charge in [0.25, 0.3) is 0 Å². The van der Waals surface area contributed by atoms with E-state index in [9.17, 15) is 18.3 Å². The van der Waals surface area contributed by atoms with Crippen molar-refractivity contribution in [1.82, 2.24) is 4.72 Å². The number of nitrogens with zero attached hydrogens (tertiary/aromatic N) is 1. The van der Waals surface area contributed by atoms with E-state index in [2.05, 4.69) is 4.72 Å². The first-order chi connectivity index (χ1) is 10.9. The van der Waals surface area contributed by atoms with Crippen LogP contribution in [0, 0.1) is 11.3 Å². The molecule has 23 heavy (non-hydrogen) atoms. The second-order valence-electron chi connectivity index (χ2n) is 4.84. The van der Waals surface area contributed by atoms with Gasteiger partial charge >= 0.3 is 5.97 Å². The van der Waals surface area contributed by atoms with Gasteiger partial charge < -0.3 is 5.11 Å². The highest BCUT2D eigenvalue weighted by Crippen LogP contribution is 2.12. The molecular formula is C16H14N2O4S. The minimum absolute atomic E-state index is 0.0334. The number of rotatable bonds is 6. The molecule has 0 aliphatic heterocycles. The molecule has 0 aromatic heterocycles. The lowest BCUT2D eigenvalue weighted by atomic mass is 10.1. The van der Waals surface area contributed by atoms with Crippen molar-refractivity contribution in [1.29, 1.82) is 5.26 Å². The van der Waals surface area contributed by atoms with Crippen molar-refractivity contribution in [2.24, 2.45) is 0 Å². The van der Waals surface area contributed by atoms with Crippen molar-refractivity contribution < 1.29 is 18.3 Å². The standard InChI is InChI=1S/C16H14N2O4S/c17-11-13-6-8-14(9-7-13)23(21,22)18-15(16(19)20)10-12-4-2-1-3-5-12/h1-9,15,18H,10H2,(H,19,20)/t15-/m1/s1. The quantitative estimate of drug-likeness (QED) is 0.835. The first kappa shape index (κ1) is 16.7. The van der Waals surface area contributed by atoms with Gasteiger partial charge in [-0.25, -0.2) is 8.42 Å². The maximum atomic E-state index is 12.3. The molecular weight excluding hydrogens is 316 g/mol. The summed E-state index contributed by atoms with van der Waals surface area (Å²) in [6.45, 7) is 0. The molecule has 0 bridgehead atoms. The van der Waals surface area contributed by atoms with Gasteiger partial charge in [-0.1, -0.05) is 30.3 Å². The minimum atomic E-state index is -3.99. The van der Waals surface area contributed by atoms with Crippen molar-refractivity contribution in [2.45, 2.75) is 17.4 Å². The predicted octanol–water partition coefficient (Wildman–Crippen LogP) is 1.53. The van der Waals surface area contributed by atoms with E-state index in [-0.39, 0.29) is 11.3 Å². The number of carboxylic acid groups (broad SMARTS) is 1. The number of sulfonamides is 1. The third kappa shape index (κ3) is 4.39. The fourth-order valence-corrected chi connectivity index (χ4v) is 3.18. The summed E-state index contributed by atoms with van der Waals surface area (Å²) < 4.78 is 26.7. The SMILES string of the molecule is N#Cc1ccc(S(=O)(=O)N[C@H](Cc2ccccc2)C(=O)O)cc1. The number of aliphatic carboxylic acids is 1. The van der Waals surface area contributed by atoms with Crippen molar-refractivity contribution in [3.63, 3.8) is 0 Å². The highest BCUT2D eigenvalue weighted by atomic mass is 32.2. The van der Waals surface area contributed by atoms with Gasteiger partial charge in [-0.3, -0.25) is 4.79 Å². The van der Waals surface area contributed by atoms with Crippen molar-refractivity contribution >= 4 is 16.0 Å². The lowest BCUT2D eigenvalue weighted by Crippen LogP contribution is -2.42. The number of carboxylic acids is 1. The second kappa shape index (κ2) is 7.05. The molecule has 1 atom stereocenters. The molecule has 0 spiro atoms. The molecule has 0 unspecified atom stereocenters. The van der Waals surface area contributed by atoms with Crippen LogP contribution in [0.4, 0.5) is 0 Å². The van der Waals surface area contributed by atoms with E-state index in [1.807, 2.05) is 6.07 Å². The lowest BCUT2D eigenvalue weighted by molar-refractivity contribution is -0.138. The molecule has 0 fully saturated rings. The molecule has 0 saturated carbocycles. The molecule has 0 aliphatic rings. The Morgan fingerprint density at radius 3 is 2.26 bits per heavy atom. The molecule has 2 aromatic carbocycles. The molecule has 6 nitrogen and oxygen atoms in total. The van der Waals surface area contributed by atoms with Crippen LogP contribution < -0.4 is 4.72 Å². The van der Waals surface area contributed by atoms with Gasteiger partial charge in [0.05, 0.1) is 16.5 Å². The van der Waals surface area contributed by atoms with Crippen LogP contribution in [0.2, 0.25) is 0 Å². The molecule has 0 aliphatic carbocycles. The summed E-state index contributed by atoms with van der Waals surface area (Å²) in [6, 6.07) is 14.6. The zero-order valence-corrected chi connectivity index (χ0v) is 12.8. The molecule has 0 saturated heterocycles.